The molecule has 2 nitrogen and oxygen atoms in total. The molecule has 0 aliphatic carbocycles. The van der Waals surface area contributed by atoms with Gasteiger partial charge in [0.15, 0.2) is 0 Å². The van der Waals surface area contributed by atoms with E-state index in [2.05, 4.69) is 29.8 Å². The van der Waals surface area contributed by atoms with Gasteiger partial charge in [0.05, 0.1) is 0 Å². The van der Waals surface area contributed by atoms with Gasteiger partial charge in [0.1, 0.15) is 6.10 Å². The molecule has 2 atom stereocenters. The van der Waals surface area contributed by atoms with E-state index in [0.29, 0.717) is 6.04 Å². The van der Waals surface area contributed by atoms with Gasteiger partial charge in [-0.25, -0.2) is 0 Å². The van der Waals surface area contributed by atoms with Crippen LogP contribution in [0.5, 0.6) is 0 Å². The number of rotatable bonds is 1. The lowest BCUT2D eigenvalue weighted by Crippen LogP contribution is -2.30. The summed E-state index contributed by atoms with van der Waals surface area (Å²) in [6, 6.07) is 4.67. The third-order valence-corrected chi connectivity index (χ3v) is 3.30. The molecule has 2 rings (SSSR count). The zero-order valence-electron chi connectivity index (χ0n) is 7.82. The molecule has 1 aromatic rings. The van der Waals surface area contributed by atoms with Gasteiger partial charge in [-0.2, -0.15) is 0 Å². The Morgan fingerprint density at radius 3 is 3.31 bits per heavy atom. The molecule has 0 bridgehead atoms. The molecule has 13 heavy (non-hydrogen) atoms. The fourth-order valence-corrected chi connectivity index (χ4v) is 2.52. The zero-order valence-corrected chi connectivity index (χ0v) is 8.64. The van der Waals surface area contributed by atoms with Crippen LogP contribution in [0.1, 0.15) is 24.3 Å². The largest absolute Gasteiger partial charge is 0.371 e. The first-order valence-corrected chi connectivity index (χ1v) is 5.64. The third kappa shape index (κ3) is 2.10. The third-order valence-electron chi connectivity index (χ3n) is 2.36. The standard InChI is InChI=1S/C10H15NOS/c1-8-10(9-4-2-7-13-9)12-6-3-5-11-8/h2,4,7-8,10-11H,3,5-6H2,1H3. The van der Waals surface area contributed by atoms with E-state index in [1.165, 1.54) is 4.88 Å². The highest BCUT2D eigenvalue weighted by atomic mass is 32.1. The average molecular weight is 197 g/mol. The summed E-state index contributed by atoms with van der Waals surface area (Å²) >= 11 is 1.78. The molecule has 1 aliphatic heterocycles. The monoisotopic (exact) mass is 197 g/mol. The second kappa shape index (κ2) is 4.22. The maximum absolute atomic E-state index is 5.81. The predicted molar refractivity (Wildman–Crippen MR) is 55.1 cm³/mol. The van der Waals surface area contributed by atoms with Crippen molar-refractivity contribution < 1.29 is 4.74 Å². The van der Waals surface area contributed by atoms with Crippen molar-refractivity contribution in [2.75, 3.05) is 13.2 Å². The number of ether oxygens (including phenoxy) is 1. The van der Waals surface area contributed by atoms with E-state index >= 15 is 0 Å². The van der Waals surface area contributed by atoms with Gasteiger partial charge in [-0.3, -0.25) is 0 Å². The quantitative estimate of drug-likeness (QED) is 0.745. The van der Waals surface area contributed by atoms with Gasteiger partial charge in [-0.1, -0.05) is 6.07 Å². The fraction of sp³-hybridized carbons (Fsp3) is 0.600. The average Bonchev–Trinajstić information content (AvgIpc) is 2.56. The van der Waals surface area contributed by atoms with E-state index in [-0.39, 0.29) is 6.10 Å². The first kappa shape index (κ1) is 9.19. The number of thiophene rings is 1. The zero-order chi connectivity index (χ0) is 9.10. The number of hydrogen-bond donors (Lipinski definition) is 1. The van der Waals surface area contributed by atoms with E-state index in [0.717, 1.165) is 19.6 Å². The van der Waals surface area contributed by atoms with Crippen molar-refractivity contribution in [1.29, 1.82) is 0 Å². The summed E-state index contributed by atoms with van der Waals surface area (Å²) in [5.41, 5.74) is 0. The molecule has 1 N–H and O–H groups in total. The maximum atomic E-state index is 5.81. The molecule has 0 spiro atoms. The van der Waals surface area contributed by atoms with Gasteiger partial charge >= 0.3 is 0 Å². The van der Waals surface area contributed by atoms with Gasteiger partial charge in [-0.05, 0) is 31.3 Å². The Bertz CT molecular complexity index is 247. The molecule has 0 saturated carbocycles. The van der Waals surface area contributed by atoms with E-state index < -0.39 is 0 Å². The molecular weight excluding hydrogens is 182 g/mol. The molecule has 2 unspecified atom stereocenters. The van der Waals surface area contributed by atoms with Crippen molar-refractivity contribution in [3.05, 3.63) is 22.4 Å². The van der Waals surface area contributed by atoms with Gasteiger partial charge in [0, 0.05) is 17.5 Å². The molecule has 1 aliphatic rings. The summed E-state index contributed by atoms with van der Waals surface area (Å²) in [7, 11) is 0. The number of hydrogen-bond acceptors (Lipinski definition) is 3. The van der Waals surface area contributed by atoms with Crippen molar-refractivity contribution in [3.8, 4) is 0 Å². The highest BCUT2D eigenvalue weighted by molar-refractivity contribution is 7.10. The van der Waals surface area contributed by atoms with Crippen molar-refractivity contribution >= 4 is 11.3 Å². The highest BCUT2D eigenvalue weighted by Crippen LogP contribution is 2.26. The Kier molecular flexibility index (Phi) is 2.98. The van der Waals surface area contributed by atoms with Crippen LogP contribution in [-0.2, 0) is 4.74 Å². The van der Waals surface area contributed by atoms with Crippen molar-refractivity contribution in [3.63, 3.8) is 0 Å². The first-order chi connectivity index (χ1) is 6.38. The van der Waals surface area contributed by atoms with Crippen LogP contribution in [0.15, 0.2) is 17.5 Å². The molecule has 72 valence electrons. The van der Waals surface area contributed by atoms with Crippen LogP contribution >= 0.6 is 11.3 Å². The van der Waals surface area contributed by atoms with Crippen LogP contribution in [0.25, 0.3) is 0 Å². The summed E-state index contributed by atoms with van der Waals surface area (Å²) in [4.78, 5) is 1.34. The van der Waals surface area contributed by atoms with Crippen LogP contribution in [0.2, 0.25) is 0 Å². The molecule has 1 fully saturated rings. The Balaban J connectivity index is 2.11. The molecule has 1 aromatic heterocycles. The summed E-state index contributed by atoms with van der Waals surface area (Å²) in [6.07, 6.45) is 1.37. The molecule has 1 saturated heterocycles. The SMILES string of the molecule is CC1NCCCOC1c1cccs1. The smallest absolute Gasteiger partial charge is 0.107 e. The van der Waals surface area contributed by atoms with Gasteiger partial charge in [0.2, 0.25) is 0 Å². The summed E-state index contributed by atoms with van der Waals surface area (Å²) < 4.78 is 5.81. The lowest BCUT2D eigenvalue weighted by atomic mass is 10.1. The summed E-state index contributed by atoms with van der Waals surface area (Å²) in [5.74, 6) is 0. The Hall–Kier alpha value is -0.380. The lowest BCUT2D eigenvalue weighted by Gasteiger charge is -2.20. The molecule has 0 radical (unpaired) electrons. The van der Waals surface area contributed by atoms with Crippen LogP contribution in [0, 0.1) is 0 Å². The van der Waals surface area contributed by atoms with E-state index in [9.17, 15) is 0 Å². The van der Waals surface area contributed by atoms with E-state index in [1.807, 2.05) is 0 Å². The Morgan fingerprint density at radius 2 is 2.54 bits per heavy atom. The van der Waals surface area contributed by atoms with Crippen LogP contribution < -0.4 is 5.32 Å². The topological polar surface area (TPSA) is 21.3 Å². The molecule has 2 heterocycles. The van der Waals surface area contributed by atoms with E-state index in [4.69, 9.17) is 4.74 Å². The van der Waals surface area contributed by atoms with Gasteiger partial charge in [0.25, 0.3) is 0 Å². The van der Waals surface area contributed by atoms with Gasteiger partial charge < -0.3 is 10.1 Å². The minimum atomic E-state index is 0.252. The van der Waals surface area contributed by atoms with Crippen molar-refractivity contribution in [1.82, 2.24) is 5.32 Å². The fourth-order valence-electron chi connectivity index (χ4n) is 1.65. The molecule has 3 heteroatoms. The normalized spacial score (nSPS) is 29.9. The van der Waals surface area contributed by atoms with Crippen LogP contribution in [-0.4, -0.2) is 19.2 Å². The molecule has 0 amide bonds. The van der Waals surface area contributed by atoms with Crippen LogP contribution in [0.3, 0.4) is 0 Å². The lowest BCUT2D eigenvalue weighted by molar-refractivity contribution is 0.0487. The van der Waals surface area contributed by atoms with Gasteiger partial charge in [-0.15, -0.1) is 11.3 Å². The Labute approximate surface area is 82.9 Å². The Morgan fingerprint density at radius 1 is 1.62 bits per heavy atom. The predicted octanol–water partition coefficient (Wildman–Crippen LogP) is 2.19. The summed E-state index contributed by atoms with van der Waals surface area (Å²) in [6.45, 7) is 4.14. The van der Waals surface area contributed by atoms with E-state index in [1.54, 1.807) is 11.3 Å². The second-order valence-corrected chi connectivity index (χ2v) is 4.38. The van der Waals surface area contributed by atoms with Crippen molar-refractivity contribution in [2.24, 2.45) is 0 Å². The number of nitrogens with one attached hydrogen (secondary N) is 1. The highest BCUT2D eigenvalue weighted by Gasteiger charge is 2.22. The van der Waals surface area contributed by atoms with Crippen molar-refractivity contribution in [2.45, 2.75) is 25.5 Å². The maximum Gasteiger partial charge on any atom is 0.107 e. The molecule has 0 aromatic carbocycles. The molecular formula is C10H15NOS. The first-order valence-electron chi connectivity index (χ1n) is 4.76. The van der Waals surface area contributed by atoms with Crippen LogP contribution in [0.4, 0.5) is 0 Å². The minimum Gasteiger partial charge on any atom is -0.371 e. The summed E-state index contributed by atoms with van der Waals surface area (Å²) in [5, 5.41) is 5.57. The minimum absolute atomic E-state index is 0.252. The second-order valence-electron chi connectivity index (χ2n) is 3.40.